The number of rotatable bonds is 13. The van der Waals surface area contributed by atoms with Gasteiger partial charge in [0.2, 0.25) is 11.8 Å². The number of anilines is 1. The van der Waals surface area contributed by atoms with Crippen molar-refractivity contribution in [2.45, 2.75) is 57.1 Å². The minimum Gasteiger partial charge on any atom is -0.352 e. The smallest absolute Gasteiger partial charge is 0.264 e. The second kappa shape index (κ2) is 15.2. The Morgan fingerprint density at radius 1 is 0.889 bits per heavy atom. The third-order valence-corrected chi connectivity index (χ3v) is 9.73. The van der Waals surface area contributed by atoms with Gasteiger partial charge in [-0.05, 0) is 73.9 Å². The number of benzene rings is 4. The van der Waals surface area contributed by atoms with E-state index in [0.717, 1.165) is 39.7 Å². The Bertz CT molecular complexity index is 1700. The summed E-state index contributed by atoms with van der Waals surface area (Å²) in [5.74, 6) is -1.56. The summed E-state index contributed by atoms with van der Waals surface area (Å²) in [6.45, 7) is 5.04. The van der Waals surface area contributed by atoms with Crippen LogP contribution < -0.4 is 9.62 Å². The summed E-state index contributed by atoms with van der Waals surface area (Å²) in [5.41, 5.74) is 2.58. The maximum atomic E-state index is 14.5. The van der Waals surface area contributed by atoms with Gasteiger partial charge >= 0.3 is 0 Å². The highest BCUT2D eigenvalue weighted by molar-refractivity contribution is 7.92. The molecule has 4 aromatic carbocycles. The van der Waals surface area contributed by atoms with Crippen LogP contribution in [0.5, 0.6) is 0 Å². The second-order valence-electron chi connectivity index (χ2n) is 10.9. The molecule has 4 rings (SSSR count). The summed E-state index contributed by atoms with van der Waals surface area (Å²) >= 11 is 6.53. The zero-order valence-electron chi connectivity index (χ0n) is 25.5. The molecule has 0 aliphatic heterocycles. The zero-order chi connectivity index (χ0) is 32.6. The molecule has 0 saturated carbocycles. The van der Waals surface area contributed by atoms with Crippen molar-refractivity contribution in [2.24, 2.45) is 0 Å². The van der Waals surface area contributed by atoms with Gasteiger partial charge in [-0.1, -0.05) is 84.8 Å². The Labute approximate surface area is 269 Å². The van der Waals surface area contributed by atoms with Crippen molar-refractivity contribution in [1.82, 2.24) is 10.2 Å². The van der Waals surface area contributed by atoms with Crippen LogP contribution in [0, 0.1) is 12.7 Å². The number of sulfonamides is 1. The van der Waals surface area contributed by atoms with Crippen molar-refractivity contribution in [1.29, 1.82) is 0 Å². The largest absolute Gasteiger partial charge is 0.352 e. The lowest BCUT2D eigenvalue weighted by Crippen LogP contribution is -2.54. The second-order valence-corrected chi connectivity index (χ2v) is 13.2. The van der Waals surface area contributed by atoms with Crippen LogP contribution in [0.15, 0.2) is 108 Å². The monoisotopic (exact) mass is 649 g/mol. The molecule has 2 atom stereocenters. The molecule has 0 heterocycles. The van der Waals surface area contributed by atoms with Crippen LogP contribution >= 0.6 is 11.6 Å². The van der Waals surface area contributed by atoms with Crippen LogP contribution in [0.1, 0.15) is 37.0 Å². The van der Waals surface area contributed by atoms with Crippen molar-refractivity contribution in [3.63, 3.8) is 0 Å². The predicted molar refractivity (Wildman–Crippen MR) is 176 cm³/mol. The molecule has 236 valence electrons. The standard InChI is InChI=1S/C35H37ClFN3O4S/c1-4-26(3)38-35(42)33(22-27-10-6-5-7-11-27)39(23-28-12-8-9-13-32(28)36)34(41)24-40(30-18-14-25(2)15-19-30)45(43,44)31-20-16-29(37)17-21-31/h5-21,26,33H,4,22-24H2,1-3H3,(H,38,42)/t26-,33+/m0/s1. The van der Waals surface area contributed by atoms with Gasteiger partial charge in [-0.2, -0.15) is 0 Å². The maximum absolute atomic E-state index is 14.5. The molecule has 0 unspecified atom stereocenters. The molecule has 45 heavy (non-hydrogen) atoms. The highest BCUT2D eigenvalue weighted by Gasteiger charge is 2.35. The first-order valence-electron chi connectivity index (χ1n) is 14.7. The molecule has 2 amide bonds. The zero-order valence-corrected chi connectivity index (χ0v) is 27.1. The fourth-order valence-corrected chi connectivity index (χ4v) is 6.39. The normalized spacial score (nSPS) is 12.6. The lowest BCUT2D eigenvalue weighted by molar-refractivity contribution is -0.140. The Morgan fingerprint density at radius 2 is 1.51 bits per heavy atom. The summed E-state index contributed by atoms with van der Waals surface area (Å²) in [7, 11) is -4.33. The van der Waals surface area contributed by atoms with Gasteiger partial charge < -0.3 is 10.2 Å². The first kappa shape index (κ1) is 33.7. The highest BCUT2D eigenvalue weighted by atomic mass is 35.5. The number of carbonyl (C=O) groups is 2. The summed E-state index contributed by atoms with van der Waals surface area (Å²) in [5, 5.41) is 3.41. The van der Waals surface area contributed by atoms with Gasteiger partial charge in [-0.25, -0.2) is 12.8 Å². The first-order chi connectivity index (χ1) is 21.5. The first-order valence-corrected chi connectivity index (χ1v) is 16.5. The summed E-state index contributed by atoms with van der Waals surface area (Å²) < 4.78 is 42.8. The minimum atomic E-state index is -4.33. The average molecular weight is 650 g/mol. The van der Waals surface area contributed by atoms with E-state index < -0.39 is 34.3 Å². The van der Waals surface area contributed by atoms with Gasteiger partial charge in [0.1, 0.15) is 18.4 Å². The van der Waals surface area contributed by atoms with E-state index in [4.69, 9.17) is 11.6 Å². The van der Waals surface area contributed by atoms with Gasteiger partial charge in [-0.15, -0.1) is 0 Å². The van der Waals surface area contributed by atoms with Crippen LogP contribution in [-0.4, -0.2) is 43.8 Å². The van der Waals surface area contributed by atoms with Crippen LogP contribution in [0.25, 0.3) is 0 Å². The topological polar surface area (TPSA) is 86.8 Å². The molecule has 0 radical (unpaired) electrons. The summed E-state index contributed by atoms with van der Waals surface area (Å²) in [6, 6.07) is 26.3. The van der Waals surface area contributed by atoms with E-state index in [-0.39, 0.29) is 35.5 Å². The van der Waals surface area contributed by atoms with E-state index in [2.05, 4.69) is 5.32 Å². The van der Waals surface area contributed by atoms with Crippen LogP contribution in [-0.2, 0) is 32.6 Å². The van der Waals surface area contributed by atoms with E-state index in [0.29, 0.717) is 17.0 Å². The van der Waals surface area contributed by atoms with E-state index >= 15 is 0 Å². The van der Waals surface area contributed by atoms with Gasteiger partial charge in [0.25, 0.3) is 10.0 Å². The molecule has 0 spiro atoms. The number of carbonyl (C=O) groups excluding carboxylic acids is 2. The molecule has 1 N–H and O–H groups in total. The molecular formula is C35H37ClFN3O4S. The molecule has 7 nitrogen and oxygen atoms in total. The molecule has 0 aliphatic carbocycles. The Balaban J connectivity index is 1.81. The fourth-order valence-electron chi connectivity index (χ4n) is 4.78. The summed E-state index contributed by atoms with van der Waals surface area (Å²) in [6.07, 6.45) is 0.869. The molecule has 4 aromatic rings. The quantitative estimate of drug-likeness (QED) is 0.178. The fraction of sp³-hybridized carbons (Fsp3) is 0.257. The SMILES string of the molecule is CC[C@H](C)NC(=O)[C@@H](Cc1ccccc1)N(Cc1ccccc1Cl)C(=O)CN(c1ccc(C)cc1)S(=O)(=O)c1ccc(F)cc1. The van der Waals surface area contributed by atoms with E-state index in [1.54, 1.807) is 48.5 Å². The molecule has 0 bridgehead atoms. The van der Waals surface area contributed by atoms with Crippen molar-refractivity contribution in [3.05, 3.63) is 131 Å². The lowest BCUT2D eigenvalue weighted by Gasteiger charge is -2.34. The molecule has 0 saturated heterocycles. The molecule has 0 aliphatic rings. The molecule has 10 heteroatoms. The van der Waals surface area contributed by atoms with Crippen LogP contribution in [0.3, 0.4) is 0 Å². The van der Waals surface area contributed by atoms with E-state index in [1.807, 2.05) is 51.1 Å². The number of nitrogens with zero attached hydrogens (tertiary/aromatic N) is 2. The average Bonchev–Trinajstić information content (AvgIpc) is 3.03. The number of amides is 2. The highest BCUT2D eigenvalue weighted by Crippen LogP contribution is 2.26. The van der Waals surface area contributed by atoms with Gasteiger partial charge in [0.05, 0.1) is 10.6 Å². The van der Waals surface area contributed by atoms with Gasteiger partial charge in [0.15, 0.2) is 0 Å². The van der Waals surface area contributed by atoms with E-state index in [9.17, 15) is 22.4 Å². The van der Waals surface area contributed by atoms with Gasteiger partial charge in [-0.3, -0.25) is 13.9 Å². The number of halogens is 2. The maximum Gasteiger partial charge on any atom is 0.264 e. The van der Waals surface area contributed by atoms with Crippen molar-refractivity contribution in [2.75, 3.05) is 10.8 Å². The van der Waals surface area contributed by atoms with E-state index in [1.165, 1.54) is 4.90 Å². The Hall–Kier alpha value is -4.21. The van der Waals surface area contributed by atoms with Crippen LogP contribution in [0.4, 0.5) is 10.1 Å². The molecule has 0 fully saturated rings. The molecular weight excluding hydrogens is 613 g/mol. The van der Waals surface area contributed by atoms with Crippen molar-refractivity contribution >= 4 is 39.1 Å². The predicted octanol–water partition coefficient (Wildman–Crippen LogP) is 6.54. The number of nitrogens with one attached hydrogen (secondary N) is 1. The minimum absolute atomic E-state index is 0.0394. The summed E-state index contributed by atoms with van der Waals surface area (Å²) in [4.78, 5) is 29.6. The van der Waals surface area contributed by atoms with Crippen LogP contribution in [0.2, 0.25) is 5.02 Å². The molecule has 0 aromatic heterocycles. The Morgan fingerprint density at radius 3 is 2.13 bits per heavy atom. The van der Waals surface area contributed by atoms with Crippen molar-refractivity contribution < 1.29 is 22.4 Å². The third kappa shape index (κ3) is 8.71. The third-order valence-electron chi connectivity index (χ3n) is 7.57. The van der Waals surface area contributed by atoms with Gasteiger partial charge in [0, 0.05) is 24.0 Å². The number of hydrogen-bond acceptors (Lipinski definition) is 4. The lowest BCUT2D eigenvalue weighted by atomic mass is 10.0. The van der Waals surface area contributed by atoms with Crippen molar-refractivity contribution in [3.8, 4) is 0 Å². The number of hydrogen-bond donors (Lipinski definition) is 1. The Kier molecular flexibility index (Phi) is 11.4. The number of aryl methyl sites for hydroxylation is 1.